The van der Waals surface area contributed by atoms with Crippen molar-refractivity contribution in [3.63, 3.8) is 0 Å². The molecule has 106 valence electrons. The van der Waals surface area contributed by atoms with E-state index in [-0.39, 0.29) is 11.5 Å². The van der Waals surface area contributed by atoms with Crippen LogP contribution in [0.15, 0.2) is 39.6 Å². The highest BCUT2D eigenvalue weighted by atomic mass is 79.9. The summed E-state index contributed by atoms with van der Waals surface area (Å²) in [5.41, 5.74) is 1.71. The molecule has 3 rings (SSSR count). The average Bonchev–Trinajstić information content (AvgIpc) is 2.79. The quantitative estimate of drug-likeness (QED) is 0.650. The Morgan fingerprint density at radius 1 is 1.00 bits per heavy atom. The lowest BCUT2D eigenvalue weighted by Crippen LogP contribution is -2.02. The second kappa shape index (κ2) is 5.33. The minimum atomic E-state index is -0.323. The minimum absolute atomic E-state index is 0.218. The van der Waals surface area contributed by atoms with Gasteiger partial charge >= 0.3 is 5.69 Å². The van der Waals surface area contributed by atoms with Gasteiger partial charge in [-0.1, -0.05) is 23.2 Å². The molecule has 0 aliphatic rings. The van der Waals surface area contributed by atoms with Crippen LogP contribution in [-0.4, -0.2) is 15.8 Å². The van der Waals surface area contributed by atoms with Gasteiger partial charge in [-0.25, -0.2) is 4.79 Å². The molecule has 2 N–H and O–H groups in total. The highest BCUT2D eigenvalue weighted by molar-refractivity contribution is 9.10. The van der Waals surface area contributed by atoms with Gasteiger partial charge in [0, 0.05) is 15.6 Å². The third-order valence-electron chi connectivity index (χ3n) is 3.03. The monoisotopic (exact) mass is 384 g/mol. The molecule has 0 aliphatic heterocycles. The molecule has 3 aromatic rings. The summed E-state index contributed by atoms with van der Waals surface area (Å²) in [6.45, 7) is 0. The van der Waals surface area contributed by atoms with E-state index in [0.29, 0.717) is 36.7 Å². The normalized spacial score (nSPS) is 11.0. The number of nitrogens with one attached hydrogen (secondary N) is 2. The van der Waals surface area contributed by atoms with Gasteiger partial charge in [0.15, 0.2) is 5.78 Å². The Morgan fingerprint density at radius 3 is 2.33 bits per heavy atom. The molecule has 0 saturated heterocycles. The van der Waals surface area contributed by atoms with Crippen LogP contribution < -0.4 is 5.69 Å². The summed E-state index contributed by atoms with van der Waals surface area (Å²) in [5.74, 6) is -0.218. The van der Waals surface area contributed by atoms with Gasteiger partial charge < -0.3 is 9.97 Å². The summed E-state index contributed by atoms with van der Waals surface area (Å²) < 4.78 is 0.585. The van der Waals surface area contributed by atoms with Crippen molar-refractivity contribution in [1.82, 2.24) is 9.97 Å². The molecule has 0 amide bonds. The Morgan fingerprint density at radius 2 is 1.67 bits per heavy atom. The Labute approximate surface area is 137 Å². The third kappa shape index (κ3) is 2.64. The molecule has 4 nitrogen and oxygen atoms in total. The highest BCUT2D eigenvalue weighted by Crippen LogP contribution is 2.27. The van der Waals surface area contributed by atoms with Crippen LogP contribution in [0.5, 0.6) is 0 Å². The largest absolute Gasteiger partial charge is 0.323 e. The van der Waals surface area contributed by atoms with Crippen molar-refractivity contribution in [2.45, 2.75) is 0 Å². The van der Waals surface area contributed by atoms with Crippen LogP contribution in [0.4, 0.5) is 0 Å². The van der Waals surface area contributed by atoms with Gasteiger partial charge in [-0.2, -0.15) is 0 Å². The molecule has 0 fully saturated rings. The van der Waals surface area contributed by atoms with Crippen LogP contribution >= 0.6 is 39.1 Å². The third-order valence-corrected chi connectivity index (χ3v) is 4.43. The van der Waals surface area contributed by atoms with Crippen molar-refractivity contribution >= 4 is 55.9 Å². The summed E-state index contributed by atoms with van der Waals surface area (Å²) in [5, 5.41) is 0.701. The molecule has 0 unspecified atom stereocenters. The van der Waals surface area contributed by atoms with E-state index in [4.69, 9.17) is 23.2 Å². The first kappa shape index (κ1) is 14.4. The van der Waals surface area contributed by atoms with Gasteiger partial charge in [-0.3, -0.25) is 4.79 Å². The summed E-state index contributed by atoms with van der Waals surface area (Å²) in [6.07, 6.45) is 0. The van der Waals surface area contributed by atoms with Crippen molar-refractivity contribution in [2.75, 3.05) is 0 Å². The van der Waals surface area contributed by atoms with Crippen LogP contribution in [0.25, 0.3) is 11.0 Å². The molecule has 0 radical (unpaired) electrons. The molecule has 2 aromatic carbocycles. The molecule has 0 aliphatic carbocycles. The number of ketones is 1. The van der Waals surface area contributed by atoms with E-state index in [1.807, 2.05) is 0 Å². The summed E-state index contributed by atoms with van der Waals surface area (Å²) >= 11 is 15.1. The molecule has 1 heterocycles. The molecule has 0 saturated carbocycles. The molecule has 7 heteroatoms. The summed E-state index contributed by atoms with van der Waals surface area (Å²) in [4.78, 5) is 29.1. The lowest BCUT2D eigenvalue weighted by Gasteiger charge is -2.05. The maximum atomic E-state index is 12.5. The van der Waals surface area contributed by atoms with E-state index >= 15 is 0 Å². The molecule has 0 spiro atoms. The first-order valence-corrected chi connectivity index (χ1v) is 7.42. The summed E-state index contributed by atoms with van der Waals surface area (Å²) in [7, 11) is 0. The van der Waals surface area contributed by atoms with Gasteiger partial charge in [0.05, 0.1) is 21.1 Å². The Kier molecular flexibility index (Phi) is 3.65. The van der Waals surface area contributed by atoms with Crippen LogP contribution in [0.3, 0.4) is 0 Å². The molecule has 21 heavy (non-hydrogen) atoms. The van der Waals surface area contributed by atoms with Crippen molar-refractivity contribution in [1.29, 1.82) is 0 Å². The maximum Gasteiger partial charge on any atom is 0.323 e. The zero-order chi connectivity index (χ0) is 15.1. The number of hydrogen-bond acceptors (Lipinski definition) is 2. The van der Waals surface area contributed by atoms with Gasteiger partial charge in [-0.05, 0) is 46.3 Å². The SMILES string of the molecule is O=C(c1ccc(Cl)c(Cl)c1)c1cc2[nH]c(=O)[nH]c2cc1Br. The van der Waals surface area contributed by atoms with Gasteiger partial charge in [0.1, 0.15) is 0 Å². The van der Waals surface area contributed by atoms with Gasteiger partial charge in [-0.15, -0.1) is 0 Å². The zero-order valence-corrected chi connectivity index (χ0v) is 13.4. The van der Waals surface area contributed by atoms with Crippen molar-refractivity contribution in [3.8, 4) is 0 Å². The van der Waals surface area contributed by atoms with E-state index in [1.165, 1.54) is 6.07 Å². The maximum absolute atomic E-state index is 12.5. The van der Waals surface area contributed by atoms with E-state index in [1.54, 1.807) is 24.3 Å². The molecule has 0 bridgehead atoms. The number of aromatic amines is 2. The van der Waals surface area contributed by atoms with E-state index < -0.39 is 0 Å². The van der Waals surface area contributed by atoms with Crippen LogP contribution in [0.2, 0.25) is 10.0 Å². The predicted octanol–water partition coefficient (Wildman–Crippen LogP) is 4.16. The van der Waals surface area contributed by atoms with E-state index in [2.05, 4.69) is 25.9 Å². The Hall–Kier alpha value is -1.56. The number of H-pyrrole nitrogens is 2. The van der Waals surface area contributed by atoms with Crippen LogP contribution in [0, 0.1) is 0 Å². The fraction of sp³-hybridized carbons (Fsp3) is 0. The molecular formula is C14H7BrCl2N2O2. The fourth-order valence-electron chi connectivity index (χ4n) is 2.02. The smallest absolute Gasteiger partial charge is 0.306 e. The number of benzene rings is 2. The number of rotatable bonds is 2. The van der Waals surface area contributed by atoms with Crippen molar-refractivity contribution in [3.05, 3.63) is 66.5 Å². The van der Waals surface area contributed by atoms with Gasteiger partial charge in [0.2, 0.25) is 0 Å². The second-order valence-corrected chi connectivity index (χ2v) is 6.08. The lowest BCUT2D eigenvalue weighted by atomic mass is 10.0. The van der Waals surface area contributed by atoms with E-state index in [9.17, 15) is 9.59 Å². The number of hydrogen-bond donors (Lipinski definition) is 2. The lowest BCUT2D eigenvalue weighted by molar-refractivity contribution is 0.103. The number of fused-ring (bicyclic) bond motifs is 1. The fourth-order valence-corrected chi connectivity index (χ4v) is 2.84. The number of halogens is 3. The average molecular weight is 386 g/mol. The number of imidazole rings is 1. The predicted molar refractivity (Wildman–Crippen MR) is 86.5 cm³/mol. The van der Waals surface area contributed by atoms with Crippen LogP contribution in [-0.2, 0) is 0 Å². The number of carbonyl (C=O) groups is 1. The zero-order valence-electron chi connectivity index (χ0n) is 10.3. The minimum Gasteiger partial charge on any atom is -0.306 e. The van der Waals surface area contributed by atoms with E-state index in [0.717, 1.165) is 0 Å². The van der Waals surface area contributed by atoms with Crippen molar-refractivity contribution < 1.29 is 4.79 Å². The van der Waals surface area contributed by atoms with Crippen LogP contribution in [0.1, 0.15) is 15.9 Å². The first-order chi connectivity index (χ1) is 9.95. The molecule has 1 aromatic heterocycles. The van der Waals surface area contributed by atoms with Crippen molar-refractivity contribution in [2.24, 2.45) is 0 Å². The summed E-state index contributed by atoms with van der Waals surface area (Å²) in [6, 6.07) is 7.98. The second-order valence-electron chi connectivity index (χ2n) is 4.41. The van der Waals surface area contributed by atoms with Gasteiger partial charge in [0.25, 0.3) is 0 Å². The first-order valence-electron chi connectivity index (χ1n) is 5.87. The number of carbonyl (C=O) groups excluding carboxylic acids is 1. The Balaban J connectivity index is 2.14. The number of aromatic nitrogens is 2. The topological polar surface area (TPSA) is 65.7 Å². The Bertz CT molecular complexity index is 930. The standard InChI is InChI=1S/C14H7BrCl2N2O2/c15-8-5-12-11(18-14(21)19-12)4-7(8)13(20)6-1-2-9(16)10(17)3-6/h1-5H,(H2,18,19,21). The molecular weight excluding hydrogens is 379 g/mol. The molecule has 0 atom stereocenters. The highest BCUT2D eigenvalue weighted by Gasteiger charge is 2.15.